The van der Waals surface area contributed by atoms with Gasteiger partial charge in [0.25, 0.3) is 0 Å². The lowest BCUT2D eigenvalue weighted by Gasteiger charge is -2.19. The molecule has 88 valence electrons. The maximum Gasteiger partial charge on any atom is 0.239 e. The predicted molar refractivity (Wildman–Crippen MR) is 65.2 cm³/mol. The van der Waals surface area contributed by atoms with Crippen LogP contribution in [0.4, 0.5) is 5.69 Å². The van der Waals surface area contributed by atoms with E-state index in [9.17, 15) is 8.42 Å². The fourth-order valence-electron chi connectivity index (χ4n) is 1.87. The first kappa shape index (κ1) is 11.7. The largest absolute Gasteiger partial charge is 0.329 e. The van der Waals surface area contributed by atoms with Gasteiger partial charge in [-0.3, -0.25) is 4.31 Å². The summed E-state index contributed by atoms with van der Waals surface area (Å²) < 4.78 is 25.5. The highest BCUT2D eigenvalue weighted by atomic mass is 35.5. The van der Waals surface area contributed by atoms with Crippen molar-refractivity contribution < 1.29 is 8.42 Å². The van der Waals surface area contributed by atoms with Crippen LogP contribution in [0.3, 0.4) is 0 Å². The van der Waals surface area contributed by atoms with E-state index in [1.54, 1.807) is 24.3 Å². The van der Waals surface area contributed by atoms with Gasteiger partial charge in [-0.15, -0.1) is 0 Å². The molecule has 2 rings (SSSR count). The van der Waals surface area contributed by atoms with E-state index in [1.165, 1.54) is 4.31 Å². The standard InChI is InChI=1S/C10H13ClN2O2S/c11-9-3-1-2-4-10(9)13-6-5-8(7-12)16(13,14)15/h1-4,8H,5-7,12H2/t8-/m0/s1. The zero-order chi connectivity index (χ0) is 11.8. The summed E-state index contributed by atoms with van der Waals surface area (Å²) in [6, 6.07) is 6.93. The van der Waals surface area contributed by atoms with Gasteiger partial charge in [0.1, 0.15) is 0 Å². The number of sulfonamides is 1. The highest BCUT2D eigenvalue weighted by molar-refractivity contribution is 7.93. The van der Waals surface area contributed by atoms with Crippen LogP contribution in [0.5, 0.6) is 0 Å². The van der Waals surface area contributed by atoms with Gasteiger partial charge in [-0.25, -0.2) is 8.42 Å². The lowest BCUT2D eigenvalue weighted by molar-refractivity contribution is 0.588. The number of rotatable bonds is 2. The second-order valence-corrected chi connectivity index (χ2v) is 6.26. The summed E-state index contributed by atoms with van der Waals surface area (Å²) in [6.07, 6.45) is 0.560. The van der Waals surface area contributed by atoms with Gasteiger partial charge in [0.15, 0.2) is 0 Å². The van der Waals surface area contributed by atoms with Crippen LogP contribution in [0, 0.1) is 0 Å². The average molecular weight is 261 g/mol. The van der Waals surface area contributed by atoms with E-state index >= 15 is 0 Å². The van der Waals surface area contributed by atoms with E-state index in [0.717, 1.165) is 0 Å². The third kappa shape index (κ3) is 1.79. The molecule has 1 atom stereocenters. The highest BCUT2D eigenvalue weighted by Gasteiger charge is 2.38. The molecule has 0 radical (unpaired) electrons. The summed E-state index contributed by atoms with van der Waals surface area (Å²) in [4.78, 5) is 0. The maximum atomic E-state index is 12.1. The van der Waals surface area contributed by atoms with Crippen LogP contribution in [0.25, 0.3) is 0 Å². The molecule has 0 bridgehead atoms. The molecule has 0 amide bonds. The van der Waals surface area contributed by atoms with Gasteiger partial charge < -0.3 is 5.73 Å². The number of para-hydroxylation sites is 1. The molecular formula is C10H13ClN2O2S. The quantitative estimate of drug-likeness (QED) is 0.869. The Morgan fingerprint density at radius 3 is 2.69 bits per heavy atom. The minimum absolute atomic E-state index is 0.156. The number of hydrogen-bond acceptors (Lipinski definition) is 3. The number of nitrogens with zero attached hydrogens (tertiary/aromatic N) is 1. The van der Waals surface area contributed by atoms with Crippen molar-refractivity contribution in [2.45, 2.75) is 11.7 Å². The number of hydrogen-bond donors (Lipinski definition) is 1. The van der Waals surface area contributed by atoms with E-state index in [2.05, 4.69) is 0 Å². The molecule has 0 aromatic heterocycles. The second-order valence-electron chi connectivity index (χ2n) is 3.71. The monoisotopic (exact) mass is 260 g/mol. The molecule has 0 aliphatic carbocycles. The molecule has 1 aliphatic rings. The van der Waals surface area contributed by atoms with E-state index in [-0.39, 0.29) is 6.54 Å². The molecule has 1 aliphatic heterocycles. The Morgan fingerprint density at radius 2 is 2.12 bits per heavy atom. The predicted octanol–water partition coefficient (Wildman–Crippen LogP) is 1.21. The van der Waals surface area contributed by atoms with E-state index < -0.39 is 15.3 Å². The van der Waals surface area contributed by atoms with Crippen molar-refractivity contribution in [1.82, 2.24) is 0 Å². The smallest absolute Gasteiger partial charge is 0.239 e. The SMILES string of the molecule is NC[C@@H]1CCN(c2ccccc2Cl)S1(=O)=O. The summed E-state index contributed by atoms with van der Waals surface area (Å²) in [5.41, 5.74) is 5.99. The van der Waals surface area contributed by atoms with Gasteiger partial charge >= 0.3 is 0 Å². The Balaban J connectivity index is 2.42. The number of benzene rings is 1. The van der Waals surface area contributed by atoms with Gasteiger partial charge in [0, 0.05) is 13.1 Å². The molecule has 1 fully saturated rings. The van der Waals surface area contributed by atoms with Crippen LogP contribution in [-0.2, 0) is 10.0 Å². The number of halogens is 1. The van der Waals surface area contributed by atoms with E-state index in [1.807, 2.05) is 0 Å². The molecule has 1 aromatic carbocycles. The van der Waals surface area contributed by atoms with Crippen molar-refractivity contribution >= 4 is 27.3 Å². The van der Waals surface area contributed by atoms with Crippen molar-refractivity contribution in [1.29, 1.82) is 0 Å². The fraction of sp³-hybridized carbons (Fsp3) is 0.400. The third-order valence-electron chi connectivity index (χ3n) is 2.77. The van der Waals surface area contributed by atoms with Crippen LogP contribution in [0.1, 0.15) is 6.42 Å². The van der Waals surface area contributed by atoms with E-state index in [4.69, 9.17) is 17.3 Å². The zero-order valence-electron chi connectivity index (χ0n) is 8.64. The van der Waals surface area contributed by atoms with Gasteiger partial charge in [-0.1, -0.05) is 23.7 Å². The van der Waals surface area contributed by atoms with Crippen molar-refractivity contribution in [3.05, 3.63) is 29.3 Å². The summed E-state index contributed by atoms with van der Waals surface area (Å²) in [5.74, 6) is 0. The van der Waals surface area contributed by atoms with Crippen LogP contribution < -0.4 is 10.0 Å². The number of nitrogens with two attached hydrogens (primary N) is 1. The summed E-state index contributed by atoms with van der Waals surface area (Å²) in [6.45, 7) is 0.608. The topological polar surface area (TPSA) is 63.4 Å². The summed E-state index contributed by atoms with van der Waals surface area (Å²) in [5, 5.41) is -0.0347. The van der Waals surface area contributed by atoms with Crippen LogP contribution in [-0.4, -0.2) is 26.8 Å². The molecule has 1 saturated heterocycles. The Labute approximate surface area is 100 Å². The molecule has 16 heavy (non-hydrogen) atoms. The lowest BCUT2D eigenvalue weighted by atomic mass is 10.3. The van der Waals surface area contributed by atoms with Crippen LogP contribution >= 0.6 is 11.6 Å². The first-order valence-corrected chi connectivity index (χ1v) is 6.91. The Morgan fingerprint density at radius 1 is 1.44 bits per heavy atom. The highest BCUT2D eigenvalue weighted by Crippen LogP contribution is 2.33. The van der Waals surface area contributed by atoms with Crippen molar-refractivity contribution in [2.24, 2.45) is 5.73 Å². The van der Waals surface area contributed by atoms with Crippen molar-refractivity contribution in [2.75, 3.05) is 17.4 Å². The van der Waals surface area contributed by atoms with Gasteiger partial charge in [0.2, 0.25) is 10.0 Å². The second kappa shape index (κ2) is 4.24. The molecule has 2 N–H and O–H groups in total. The normalized spacial score (nSPS) is 23.6. The van der Waals surface area contributed by atoms with Crippen LogP contribution in [0.15, 0.2) is 24.3 Å². The van der Waals surface area contributed by atoms with Crippen molar-refractivity contribution in [3.8, 4) is 0 Å². The maximum absolute atomic E-state index is 12.1. The molecular weight excluding hydrogens is 248 g/mol. The first-order valence-electron chi connectivity index (χ1n) is 5.03. The number of anilines is 1. The zero-order valence-corrected chi connectivity index (χ0v) is 10.2. The van der Waals surface area contributed by atoms with Gasteiger partial charge in [-0.2, -0.15) is 0 Å². The Bertz CT molecular complexity index is 489. The Hall–Kier alpha value is -0.780. The molecule has 1 aromatic rings. The molecule has 1 heterocycles. The third-order valence-corrected chi connectivity index (χ3v) is 5.35. The molecule has 0 spiro atoms. The van der Waals surface area contributed by atoms with E-state index in [0.29, 0.717) is 23.7 Å². The fourth-order valence-corrected chi connectivity index (χ4v) is 3.96. The minimum atomic E-state index is -3.33. The minimum Gasteiger partial charge on any atom is -0.329 e. The average Bonchev–Trinajstić information content (AvgIpc) is 2.54. The lowest BCUT2D eigenvalue weighted by Crippen LogP contribution is -2.33. The molecule has 4 nitrogen and oxygen atoms in total. The molecule has 6 heteroatoms. The summed E-state index contributed by atoms with van der Waals surface area (Å²) in [7, 11) is -3.33. The molecule has 0 unspecified atom stereocenters. The van der Waals surface area contributed by atoms with Crippen LogP contribution in [0.2, 0.25) is 5.02 Å². The summed E-state index contributed by atoms with van der Waals surface area (Å²) >= 11 is 5.99. The van der Waals surface area contributed by atoms with Crippen molar-refractivity contribution in [3.63, 3.8) is 0 Å². The van der Waals surface area contributed by atoms with Gasteiger partial charge in [-0.05, 0) is 18.6 Å². The first-order chi connectivity index (χ1) is 7.57. The Kier molecular flexibility index (Phi) is 3.10. The molecule has 0 saturated carbocycles. The van der Waals surface area contributed by atoms with Gasteiger partial charge in [0.05, 0.1) is 16.0 Å².